The van der Waals surface area contributed by atoms with Crippen LogP contribution in [0.1, 0.15) is 45.6 Å². The second kappa shape index (κ2) is 7.87. The predicted octanol–water partition coefficient (Wildman–Crippen LogP) is 3.04. The molecule has 1 aromatic heterocycles. The molecule has 0 aromatic carbocycles. The van der Waals surface area contributed by atoms with Crippen LogP contribution in [-0.2, 0) is 6.42 Å². The monoisotopic (exact) mass is 237 g/mol. The molecule has 1 N–H and O–H groups in total. The highest BCUT2D eigenvalue weighted by molar-refractivity contribution is 5.48. The molecule has 0 aliphatic rings. The van der Waals surface area contributed by atoms with Crippen molar-refractivity contribution in [1.82, 2.24) is 9.97 Å². The van der Waals surface area contributed by atoms with Crippen molar-refractivity contribution in [1.29, 1.82) is 0 Å². The molecular formula is C13H23N3O. The number of aromatic nitrogens is 2. The van der Waals surface area contributed by atoms with Crippen LogP contribution in [0.25, 0.3) is 0 Å². The Labute approximate surface area is 104 Å². The maximum atomic E-state index is 5.73. The number of ether oxygens (including phenoxy) is 1. The third-order valence-corrected chi connectivity index (χ3v) is 2.49. The number of hydrogen-bond donors (Lipinski definition) is 1. The molecule has 0 atom stereocenters. The lowest BCUT2D eigenvalue weighted by Gasteiger charge is -2.13. The summed E-state index contributed by atoms with van der Waals surface area (Å²) in [6.45, 7) is 7.96. The number of unbranched alkanes of at least 4 members (excludes halogenated alkanes) is 1. The summed E-state index contributed by atoms with van der Waals surface area (Å²) in [5.74, 6) is 1.65. The Balaban J connectivity index is 2.81. The lowest BCUT2D eigenvalue weighted by atomic mass is 10.1. The van der Waals surface area contributed by atoms with Crippen molar-refractivity contribution in [2.24, 2.45) is 0 Å². The number of nitrogens with one attached hydrogen (secondary N) is 1. The molecule has 0 fully saturated rings. The second-order valence-electron chi connectivity index (χ2n) is 3.99. The third-order valence-electron chi connectivity index (χ3n) is 2.49. The van der Waals surface area contributed by atoms with Crippen molar-refractivity contribution >= 4 is 5.82 Å². The van der Waals surface area contributed by atoms with E-state index in [0.717, 1.165) is 56.1 Å². The lowest BCUT2D eigenvalue weighted by Crippen LogP contribution is -2.08. The van der Waals surface area contributed by atoms with Crippen LogP contribution in [0.4, 0.5) is 5.82 Å². The van der Waals surface area contributed by atoms with Gasteiger partial charge in [0.25, 0.3) is 0 Å². The van der Waals surface area contributed by atoms with Crippen LogP contribution in [0.3, 0.4) is 0 Å². The molecule has 0 spiro atoms. The molecule has 0 radical (unpaired) electrons. The maximum absolute atomic E-state index is 5.73. The average molecular weight is 237 g/mol. The van der Waals surface area contributed by atoms with Gasteiger partial charge in [0.05, 0.1) is 12.2 Å². The first-order valence-electron chi connectivity index (χ1n) is 6.53. The zero-order chi connectivity index (χ0) is 12.5. The Morgan fingerprint density at radius 3 is 2.65 bits per heavy atom. The van der Waals surface area contributed by atoms with Gasteiger partial charge in [-0.25, -0.2) is 9.97 Å². The Kier molecular flexibility index (Phi) is 6.37. The number of rotatable bonds is 8. The summed E-state index contributed by atoms with van der Waals surface area (Å²) in [6.07, 6.45) is 5.78. The molecule has 0 saturated carbocycles. The molecule has 1 aromatic rings. The van der Waals surface area contributed by atoms with Gasteiger partial charge in [-0.1, -0.05) is 26.7 Å². The van der Waals surface area contributed by atoms with Gasteiger partial charge in [-0.15, -0.1) is 0 Å². The second-order valence-corrected chi connectivity index (χ2v) is 3.99. The normalized spacial score (nSPS) is 10.3. The van der Waals surface area contributed by atoms with Gasteiger partial charge in [0, 0.05) is 6.54 Å². The fourth-order valence-electron chi connectivity index (χ4n) is 1.63. The van der Waals surface area contributed by atoms with Gasteiger partial charge < -0.3 is 10.1 Å². The molecule has 96 valence electrons. The van der Waals surface area contributed by atoms with Gasteiger partial charge in [0.1, 0.15) is 12.1 Å². The van der Waals surface area contributed by atoms with Crippen LogP contribution in [0.15, 0.2) is 6.33 Å². The first kappa shape index (κ1) is 13.7. The highest BCUT2D eigenvalue weighted by Crippen LogP contribution is 2.23. The lowest BCUT2D eigenvalue weighted by molar-refractivity contribution is 0.294. The van der Waals surface area contributed by atoms with Crippen molar-refractivity contribution in [3.8, 4) is 5.88 Å². The fraction of sp³-hybridized carbons (Fsp3) is 0.692. The SMILES string of the molecule is CCCCOc1ncnc(NCC)c1CCC. The van der Waals surface area contributed by atoms with Crippen molar-refractivity contribution in [2.75, 3.05) is 18.5 Å². The first-order chi connectivity index (χ1) is 8.33. The van der Waals surface area contributed by atoms with Crippen LogP contribution in [-0.4, -0.2) is 23.1 Å². The van der Waals surface area contributed by atoms with E-state index in [1.165, 1.54) is 0 Å². The third kappa shape index (κ3) is 4.21. The zero-order valence-corrected chi connectivity index (χ0v) is 11.1. The van der Waals surface area contributed by atoms with E-state index in [-0.39, 0.29) is 0 Å². The molecule has 0 aliphatic heterocycles. The highest BCUT2D eigenvalue weighted by Gasteiger charge is 2.11. The predicted molar refractivity (Wildman–Crippen MR) is 70.6 cm³/mol. The minimum Gasteiger partial charge on any atom is -0.477 e. The van der Waals surface area contributed by atoms with Crippen molar-refractivity contribution in [2.45, 2.75) is 46.5 Å². The molecule has 0 bridgehead atoms. The summed E-state index contributed by atoms with van der Waals surface area (Å²) < 4.78 is 5.73. The summed E-state index contributed by atoms with van der Waals surface area (Å²) in [6, 6.07) is 0. The molecule has 0 unspecified atom stereocenters. The molecule has 0 saturated heterocycles. The standard InChI is InChI=1S/C13H23N3O/c1-4-7-9-17-13-11(8-5-2)12(14-6-3)15-10-16-13/h10H,4-9H2,1-3H3,(H,14,15,16). The zero-order valence-electron chi connectivity index (χ0n) is 11.1. The van der Waals surface area contributed by atoms with Gasteiger partial charge in [-0.3, -0.25) is 0 Å². The van der Waals surface area contributed by atoms with Gasteiger partial charge in [-0.05, 0) is 19.8 Å². The quantitative estimate of drug-likeness (QED) is 0.706. The molecule has 4 heteroatoms. The van der Waals surface area contributed by atoms with E-state index in [1.54, 1.807) is 6.33 Å². The Hall–Kier alpha value is -1.32. The van der Waals surface area contributed by atoms with Crippen molar-refractivity contribution < 1.29 is 4.74 Å². The molecule has 17 heavy (non-hydrogen) atoms. The summed E-state index contributed by atoms with van der Waals surface area (Å²) in [5, 5.41) is 3.26. The smallest absolute Gasteiger partial charge is 0.221 e. The molecule has 0 aliphatic carbocycles. The van der Waals surface area contributed by atoms with E-state index in [2.05, 4.69) is 36.1 Å². The van der Waals surface area contributed by atoms with Crippen LogP contribution >= 0.6 is 0 Å². The number of anilines is 1. The minimum absolute atomic E-state index is 0.732. The van der Waals surface area contributed by atoms with Gasteiger partial charge in [-0.2, -0.15) is 0 Å². The molecule has 1 rings (SSSR count). The number of nitrogens with zero attached hydrogens (tertiary/aromatic N) is 2. The van der Waals surface area contributed by atoms with Crippen molar-refractivity contribution in [3.05, 3.63) is 11.9 Å². The van der Waals surface area contributed by atoms with E-state index >= 15 is 0 Å². The van der Waals surface area contributed by atoms with Crippen LogP contribution in [0.2, 0.25) is 0 Å². The Morgan fingerprint density at radius 2 is 2.00 bits per heavy atom. The minimum atomic E-state index is 0.732. The molecular weight excluding hydrogens is 214 g/mol. The van der Waals surface area contributed by atoms with Gasteiger partial charge >= 0.3 is 0 Å². The molecule has 4 nitrogen and oxygen atoms in total. The van der Waals surface area contributed by atoms with Gasteiger partial charge in [0.15, 0.2) is 0 Å². The summed E-state index contributed by atoms with van der Waals surface area (Å²) in [4.78, 5) is 8.51. The number of hydrogen-bond acceptors (Lipinski definition) is 4. The highest BCUT2D eigenvalue weighted by atomic mass is 16.5. The molecule has 0 amide bonds. The van der Waals surface area contributed by atoms with E-state index in [0.29, 0.717) is 0 Å². The Morgan fingerprint density at radius 1 is 1.18 bits per heavy atom. The van der Waals surface area contributed by atoms with E-state index < -0.39 is 0 Å². The maximum Gasteiger partial charge on any atom is 0.221 e. The van der Waals surface area contributed by atoms with Crippen molar-refractivity contribution in [3.63, 3.8) is 0 Å². The first-order valence-corrected chi connectivity index (χ1v) is 6.53. The van der Waals surface area contributed by atoms with Gasteiger partial charge in [0.2, 0.25) is 5.88 Å². The summed E-state index contributed by atoms with van der Waals surface area (Å²) >= 11 is 0. The van der Waals surface area contributed by atoms with Crippen LogP contribution in [0, 0.1) is 0 Å². The molecule has 1 heterocycles. The summed E-state index contributed by atoms with van der Waals surface area (Å²) in [7, 11) is 0. The topological polar surface area (TPSA) is 47.0 Å². The fourth-order valence-corrected chi connectivity index (χ4v) is 1.63. The van der Waals surface area contributed by atoms with Crippen LogP contribution < -0.4 is 10.1 Å². The Bertz CT molecular complexity index is 328. The summed E-state index contributed by atoms with van der Waals surface area (Å²) in [5.41, 5.74) is 1.10. The van der Waals surface area contributed by atoms with E-state index in [9.17, 15) is 0 Å². The van der Waals surface area contributed by atoms with Crippen LogP contribution in [0.5, 0.6) is 5.88 Å². The van der Waals surface area contributed by atoms with E-state index in [4.69, 9.17) is 4.74 Å². The van der Waals surface area contributed by atoms with E-state index in [1.807, 2.05) is 0 Å². The largest absolute Gasteiger partial charge is 0.477 e. The average Bonchev–Trinajstić information content (AvgIpc) is 2.33.